The summed E-state index contributed by atoms with van der Waals surface area (Å²) < 4.78 is 5.38. The van der Waals surface area contributed by atoms with Gasteiger partial charge in [-0.05, 0) is 40.6 Å². The van der Waals surface area contributed by atoms with Gasteiger partial charge in [-0.15, -0.1) is 0 Å². The lowest BCUT2D eigenvalue weighted by Gasteiger charge is -2.08. The van der Waals surface area contributed by atoms with E-state index in [1.165, 1.54) is 0 Å². The van der Waals surface area contributed by atoms with Gasteiger partial charge in [0.2, 0.25) is 0 Å². The molecule has 3 heteroatoms. The first-order valence-electron chi connectivity index (χ1n) is 6.63. The molecule has 0 fully saturated rings. The van der Waals surface area contributed by atoms with Gasteiger partial charge in [-0.1, -0.05) is 54.1 Å². The fourth-order valence-electron chi connectivity index (χ4n) is 2.23. The van der Waals surface area contributed by atoms with E-state index < -0.39 is 0 Å². The van der Waals surface area contributed by atoms with Gasteiger partial charge in [0, 0.05) is 5.02 Å². The Hall–Kier alpha value is -2.32. The molecule has 104 valence electrons. The summed E-state index contributed by atoms with van der Waals surface area (Å²) in [5.41, 5.74) is 1.50. The monoisotopic (exact) mass is 296 g/mol. The Balaban J connectivity index is 1.77. The summed E-state index contributed by atoms with van der Waals surface area (Å²) in [6.07, 6.45) is 0. The molecule has 0 amide bonds. The second kappa shape index (κ2) is 5.98. The largest absolute Gasteiger partial charge is 0.457 e. The van der Waals surface area contributed by atoms with Gasteiger partial charge in [0.1, 0.15) is 6.61 Å². The van der Waals surface area contributed by atoms with Gasteiger partial charge in [-0.2, -0.15) is 0 Å². The lowest BCUT2D eigenvalue weighted by molar-refractivity contribution is 0.0474. The molecule has 3 rings (SSSR count). The van der Waals surface area contributed by atoms with Crippen LogP contribution in [0.4, 0.5) is 0 Å². The van der Waals surface area contributed by atoms with E-state index in [1.54, 1.807) is 24.3 Å². The molecule has 0 spiro atoms. The summed E-state index contributed by atoms with van der Waals surface area (Å²) in [5, 5.41) is 2.84. The van der Waals surface area contributed by atoms with Gasteiger partial charge < -0.3 is 4.74 Å². The molecule has 0 atom stereocenters. The number of benzene rings is 3. The molecule has 0 radical (unpaired) electrons. The third-order valence-electron chi connectivity index (χ3n) is 3.32. The van der Waals surface area contributed by atoms with Crippen LogP contribution in [0.5, 0.6) is 0 Å². The minimum atomic E-state index is -0.348. The summed E-state index contributed by atoms with van der Waals surface area (Å²) in [6, 6.07) is 20.7. The van der Waals surface area contributed by atoms with Gasteiger partial charge in [0.25, 0.3) is 0 Å². The van der Waals surface area contributed by atoms with Crippen molar-refractivity contribution < 1.29 is 9.53 Å². The third kappa shape index (κ3) is 3.06. The van der Waals surface area contributed by atoms with Crippen molar-refractivity contribution in [3.05, 3.63) is 82.9 Å². The summed E-state index contributed by atoms with van der Waals surface area (Å²) in [6.45, 7) is 0.253. The van der Waals surface area contributed by atoms with Crippen molar-refractivity contribution >= 4 is 28.3 Å². The van der Waals surface area contributed by atoms with Crippen molar-refractivity contribution in [1.82, 2.24) is 0 Å². The van der Waals surface area contributed by atoms with Gasteiger partial charge in [-0.3, -0.25) is 0 Å². The smallest absolute Gasteiger partial charge is 0.338 e. The van der Waals surface area contributed by atoms with Crippen LogP contribution in [0.15, 0.2) is 66.7 Å². The molecule has 0 saturated carbocycles. The number of carbonyl (C=O) groups excluding carboxylic acids is 1. The van der Waals surface area contributed by atoms with Gasteiger partial charge >= 0.3 is 5.97 Å². The first-order chi connectivity index (χ1) is 10.2. The van der Waals surface area contributed by atoms with E-state index in [0.29, 0.717) is 10.6 Å². The fraction of sp³-hybridized carbons (Fsp3) is 0.0556. The maximum absolute atomic E-state index is 12.0. The van der Waals surface area contributed by atoms with Gasteiger partial charge in [0.15, 0.2) is 0 Å². The average Bonchev–Trinajstić information content (AvgIpc) is 2.53. The number of ether oxygens (including phenoxy) is 1. The Bertz CT molecular complexity index is 773. The molecule has 0 heterocycles. The van der Waals surface area contributed by atoms with Crippen LogP contribution < -0.4 is 0 Å². The molecule has 0 N–H and O–H groups in total. The van der Waals surface area contributed by atoms with E-state index in [4.69, 9.17) is 16.3 Å². The van der Waals surface area contributed by atoms with E-state index in [9.17, 15) is 4.79 Å². The first-order valence-corrected chi connectivity index (χ1v) is 7.01. The predicted octanol–water partition coefficient (Wildman–Crippen LogP) is 4.85. The van der Waals surface area contributed by atoms with Crippen molar-refractivity contribution in [3.63, 3.8) is 0 Å². The number of fused-ring (bicyclic) bond motifs is 1. The molecule has 3 aromatic rings. The molecule has 21 heavy (non-hydrogen) atoms. The van der Waals surface area contributed by atoms with Crippen LogP contribution in [0.3, 0.4) is 0 Å². The van der Waals surface area contributed by atoms with E-state index in [2.05, 4.69) is 0 Å². The zero-order chi connectivity index (χ0) is 14.7. The molecule has 0 aliphatic heterocycles. The number of hydrogen-bond acceptors (Lipinski definition) is 2. The van der Waals surface area contributed by atoms with Crippen LogP contribution in [0.25, 0.3) is 10.8 Å². The second-order valence-electron chi connectivity index (χ2n) is 4.72. The topological polar surface area (TPSA) is 26.3 Å². The van der Waals surface area contributed by atoms with Crippen molar-refractivity contribution in [3.8, 4) is 0 Å². The maximum atomic E-state index is 12.0. The average molecular weight is 297 g/mol. The highest BCUT2D eigenvalue weighted by atomic mass is 35.5. The van der Waals surface area contributed by atoms with Crippen LogP contribution >= 0.6 is 11.6 Å². The Labute approximate surface area is 127 Å². The van der Waals surface area contributed by atoms with E-state index in [0.717, 1.165) is 16.3 Å². The summed E-state index contributed by atoms with van der Waals surface area (Å²) >= 11 is 5.80. The summed E-state index contributed by atoms with van der Waals surface area (Å²) in [4.78, 5) is 12.0. The van der Waals surface area contributed by atoms with Crippen molar-refractivity contribution in [2.75, 3.05) is 0 Å². The zero-order valence-corrected chi connectivity index (χ0v) is 12.0. The van der Waals surface area contributed by atoms with E-state index in [-0.39, 0.29) is 12.6 Å². The number of hydrogen-bond donors (Lipinski definition) is 0. The predicted molar refractivity (Wildman–Crippen MR) is 84.5 cm³/mol. The van der Waals surface area contributed by atoms with Crippen LogP contribution in [0.2, 0.25) is 5.02 Å². The van der Waals surface area contributed by atoms with Crippen molar-refractivity contribution in [2.24, 2.45) is 0 Å². The standard InChI is InChI=1S/C18H13ClO2/c19-16-10-8-14(9-11-16)18(20)21-12-15-6-3-5-13-4-1-2-7-17(13)15/h1-11H,12H2. The van der Waals surface area contributed by atoms with Crippen molar-refractivity contribution in [2.45, 2.75) is 6.61 Å². The number of rotatable bonds is 3. The highest BCUT2D eigenvalue weighted by molar-refractivity contribution is 6.30. The lowest BCUT2D eigenvalue weighted by atomic mass is 10.1. The summed E-state index contributed by atoms with van der Waals surface area (Å²) in [7, 11) is 0. The van der Waals surface area contributed by atoms with Crippen LogP contribution in [-0.4, -0.2) is 5.97 Å². The molecule has 3 aromatic carbocycles. The highest BCUT2D eigenvalue weighted by Gasteiger charge is 2.08. The van der Waals surface area contributed by atoms with E-state index >= 15 is 0 Å². The minimum Gasteiger partial charge on any atom is -0.457 e. The zero-order valence-electron chi connectivity index (χ0n) is 11.3. The molecule has 0 aliphatic carbocycles. The SMILES string of the molecule is O=C(OCc1cccc2ccccc12)c1ccc(Cl)cc1. The molecule has 0 aromatic heterocycles. The highest BCUT2D eigenvalue weighted by Crippen LogP contribution is 2.19. The second-order valence-corrected chi connectivity index (χ2v) is 5.16. The molecular formula is C18H13ClO2. The fourth-order valence-corrected chi connectivity index (χ4v) is 2.36. The lowest BCUT2D eigenvalue weighted by Crippen LogP contribution is -2.05. The Morgan fingerprint density at radius 2 is 1.62 bits per heavy atom. The number of esters is 1. The van der Waals surface area contributed by atoms with Crippen LogP contribution in [-0.2, 0) is 11.3 Å². The minimum absolute atomic E-state index is 0.253. The van der Waals surface area contributed by atoms with Crippen LogP contribution in [0, 0.1) is 0 Å². The maximum Gasteiger partial charge on any atom is 0.338 e. The molecular weight excluding hydrogens is 284 g/mol. The normalized spacial score (nSPS) is 10.5. The molecule has 0 unspecified atom stereocenters. The summed E-state index contributed by atoms with van der Waals surface area (Å²) in [5.74, 6) is -0.348. The number of carbonyl (C=O) groups is 1. The van der Waals surface area contributed by atoms with E-state index in [1.807, 2.05) is 42.5 Å². The quantitative estimate of drug-likeness (QED) is 0.646. The van der Waals surface area contributed by atoms with Gasteiger partial charge in [0.05, 0.1) is 5.56 Å². The molecule has 2 nitrogen and oxygen atoms in total. The Morgan fingerprint density at radius 1 is 0.905 bits per heavy atom. The van der Waals surface area contributed by atoms with Crippen molar-refractivity contribution in [1.29, 1.82) is 0 Å². The molecule has 0 aliphatic rings. The first kappa shape index (κ1) is 13.7. The Kier molecular flexibility index (Phi) is 3.89. The number of halogens is 1. The van der Waals surface area contributed by atoms with Gasteiger partial charge in [-0.25, -0.2) is 4.79 Å². The Morgan fingerprint density at radius 3 is 2.43 bits per heavy atom. The third-order valence-corrected chi connectivity index (χ3v) is 3.57. The molecule has 0 bridgehead atoms. The molecule has 0 saturated heterocycles. The van der Waals surface area contributed by atoms with Crippen LogP contribution in [0.1, 0.15) is 15.9 Å².